The van der Waals surface area contributed by atoms with Crippen LogP contribution in [0.3, 0.4) is 0 Å². The average molecular weight is 325 g/mol. The zero-order chi connectivity index (χ0) is 15.9. The van der Waals surface area contributed by atoms with Gasteiger partial charge in [-0.05, 0) is 37.1 Å². The lowest BCUT2D eigenvalue weighted by Gasteiger charge is -2.31. The molecule has 0 unspecified atom stereocenters. The summed E-state index contributed by atoms with van der Waals surface area (Å²) in [4.78, 5) is 24.9. The van der Waals surface area contributed by atoms with E-state index in [1.807, 2.05) is 4.90 Å². The van der Waals surface area contributed by atoms with Gasteiger partial charge in [0.25, 0.3) is 0 Å². The van der Waals surface area contributed by atoms with Crippen LogP contribution < -0.4 is 10.1 Å². The quantitative estimate of drug-likeness (QED) is 0.903. The first-order chi connectivity index (χ1) is 10.5. The predicted molar refractivity (Wildman–Crippen MR) is 85.0 cm³/mol. The third-order valence-electron chi connectivity index (χ3n) is 3.72. The number of benzene rings is 1. The van der Waals surface area contributed by atoms with Crippen molar-refractivity contribution in [2.75, 3.05) is 19.7 Å². The molecule has 1 aliphatic heterocycles. The molecule has 120 valence electrons. The smallest absolute Gasteiger partial charge is 0.223 e. The highest BCUT2D eigenvalue weighted by atomic mass is 35.5. The van der Waals surface area contributed by atoms with E-state index in [4.69, 9.17) is 16.3 Å². The first-order valence-electron chi connectivity index (χ1n) is 7.48. The number of rotatable bonds is 5. The van der Waals surface area contributed by atoms with Crippen molar-refractivity contribution in [2.45, 2.75) is 32.2 Å². The van der Waals surface area contributed by atoms with Crippen molar-refractivity contribution in [3.63, 3.8) is 0 Å². The average Bonchev–Trinajstić information content (AvgIpc) is 2.50. The molecule has 1 aromatic carbocycles. The van der Waals surface area contributed by atoms with Gasteiger partial charge in [0.05, 0.1) is 13.0 Å². The Bertz CT molecular complexity index is 511. The zero-order valence-corrected chi connectivity index (χ0v) is 13.4. The minimum atomic E-state index is -0.0183. The molecule has 1 aliphatic rings. The Labute approximate surface area is 135 Å². The number of halogens is 1. The first-order valence-corrected chi connectivity index (χ1v) is 7.85. The maximum absolute atomic E-state index is 11.9. The predicted octanol–water partition coefficient (Wildman–Crippen LogP) is 2.24. The van der Waals surface area contributed by atoms with E-state index in [-0.39, 0.29) is 17.9 Å². The molecule has 1 fully saturated rings. The molecule has 22 heavy (non-hydrogen) atoms. The second kappa shape index (κ2) is 8.03. The summed E-state index contributed by atoms with van der Waals surface area (Å²) in [5.74, 6) is 0.781. The molecule has 0 atom stereocenters. The fourth-order valence-corrected chi connectivity index (χ4v) is 2.56. The molecule has 1 N–H and O–H groups in total. The van der Waals surface area contributed by atoms with Gasteiger partial charge in [0.15, 0.2) is 0 Å². The van der Waals surface area contributed by atoms with Crippen LogP contribution in [0.25, 0.3) is 0 Å². The molecule has 2 rings (SSSR count). The van der Waals surface area contributed by atoms with Crippen LogP contribution in [0.1, 0.15) is 26.2 Å². The van der Waals surface area contributed by atoms with E-state index < -0.39 is 0 Å². The van der Waals surface area contributed by atoms with E-state index in [9.17, 15) is 9.59 Å². The minimum absolute atomic E-state index is 0.0183. The van der Waals surface area contributed by atoms with Gasteiger partial charge < -0.3 is 15.0 Å². The first kappa shape index (κ1) is 16.6. The summed E-state index contributed by atoms with van der Waals surface area (Å²) in [5, 5.41) is 3.65. The van der Waals surface area contributed by atoms with Crippen molar-refractivity contribution in [3.8, 4) is 5.75 Å². The molecule has 0 aromatic heterocycles. The van der Waals surface area contributed by atoms with Gasteiger partial charge in [-0.25, -0.2) is 0 Å². The Balaban J connectivity index is 1.64. The second-order valence-corrected chi connectivity index (χ2v) is 5.84. The molecule has 0 radical (unpaired) electrons. The number of hydrogen-bond donors (Lipinski definition) is 1. The Morgan fingerprint density at radius 1 is 1.27 bits per heavy atom. The van der Waals surface area contributed by atoms with E-state index in [2.05, 4.69) is 5.32 Å². The molecule has 1 saturated heterocycles. The normalized spacial score (nSPS) is 15.5. The summed E-state index contributed by atoms with van der Waals surface area (Å²) >= 11 is 5.79. The Hall–Kier alpha value is -1.75. The Kier molecular flexibility index (Phi) is 6.07. The third-order valence-corrected chi connectivity index (χ3v) is 3.97. The van der Waals surface area contributed by atoms with Crippen molar-refractivity contribution in [2.24, 2.45) is 0 Å². The van der Waals surface area contributed by atoms with Gasteiger partial charge in [-0.2, -0.15) is 0 Å². The number of amides is 2. The summed E-state index contributed by atoms with van der Waals surface area (Å²) in [6.45, 7) is 3.33. The standard InChI is InChI=1S/C16H21ClN2O3/c1-12(20)19-9-6-14(7-10-19)18-16(21)8-11-22-15-4-2-13(17)3-5-15/h2-5,14H,6-11H2,1H3,(H,18,21). The number of piperidine rings is 1. The monoisotopic (exact) mass is 324 g/mol. The molecular formula is C16H21ClN2O3. The summed E-state index contributed by atoms with van der Waals surface area (Å²) < 4.78 is 5.50. The number of carbonyl (C=O) groups excluding carboxylic acids is 2. The molecule has 0 aliphatic carbocycles. The summed E-state index contributed by atoms with van der Waals surface area (Å²) in [7, 11) is 0. The van der Waals surface area contributed by atoms with Crippen LogP contribution in [0.2, 0.25) is 5.02 Å². The number of carbonyl (C=O) groups is 2. The fraction of sp³-hybridized carbons (Fsp3) is 0.500. The van der Waals surface area contributed by atoms with E-state index in [0.717, 1.165) is 12.8 Å². The van der Waals surface area contributed by atoms with Crippen molar-refractivity contribution < 1.29 is 14.3 Å². The molecular weight excluding hydrogens is 304 g/mol. The van der Waals surface area contributed by atoms with Crippen LogP contribution in [-0.4, -0.2) is 42.5 Å². The number of likely N-dealkylation sites (tertiary alicyclic amines) is 1. The lowest BCUT2D eigenvalue weighted by atomic mass is 10.0. The molecule has 0 bridgehead atoms. The number of nitrogens with one attached hydrogen (secondary N) is 1. The maximum Gasteiger partial charge on any atom is 0.223 e. The number of ether oxygens (including phenoxy) is 1. The molecule has 6 heteroatoms. The SMILES string of the molecule is CC(=O)N1CCC(NC(=O)CCOc2ccc(Cl)cc2)CC1. The highest BCUT2D eigenvalue weighted by molar-refractivity contribution is 6.30. The molecule has 2 amide bonds. The fourth-order valence-electron chi connectivity index (χ4n) is 2.43. The molecule has 0 spiro atoms. The van der Waals surface area contributed by atoms with Gasteiger partial charge in [-0.1, -0.05) is 11.6 Å². The van der Waals surface area contributed by atoms with Crippen molar-refractivity contribution in [1.82, 2.24) is 10.2 Å². The topological polar surface area (TPSA) is 58.6 Å². The van der Waals surface area contributed by atoms with E-state index >= 15 is 0 Å². The van der Waals surface area contributed by atoms with Gasteiger partial charge in [0, 0.05) is 31.1 Å². The molecule has 1 heterocycles. The van der Waals surface area contributed by atoms with E-state index in [1.54, 1.807) is 31.2 Å². The Morgan fingerprint density at radius 3 is 2.50 bits per heavy atom. The summed E-state index contributed by atoms with van der Waals surface area (Å²) in [6, 6.07) is 7.20. The van der Waals surface area contributed by atoms with Crippen molar-refractivity contribution in [1.29, 1.82) is 0 Å². The van der Waals surface area contributed by atoms with Crippen LogP contribution >= 0.6 is 11.6 Å². The lowest BCUT2D eigenvalue weighted by Crippen LogP contribution is -2.46. The number of hydrogen-bond acceptors (Lipinski definition) is 3. The highest BCUT2D eigenvalue weighted by Crippen LogP contribution is 2.15. The van der Waals surface area contributed by atoms with Gasteiger partial charge in [-0.3, -0.25) is 9.59 Å². The van der Waals surface area contributed by atoms with Crippen molar-refractivity contribution in [3.05, 3.63) is 29.3 Å². The Morgan fingerprint density at radius 2 is 1.91 bits per heavy atom. The van der Waals surface area contributed by atoms with Crippen molar-refractivity contribution >= 4 is 23.4 Å². The lowest BCUT2D eigenvalue weighted by molar-refractivity contribution is -0.130. The third kappa shape index (κ3) is 5.22. The van der Waals surface area contributed by atoms with Crippen LogP contribution in [-0.2, 0) is 9.59 Å². The highest BCUT2D eigenvalue weighted by Gasteiger charge is 2.21. The van der Waals surface area contributed by atoms with Gasteiger partial charge in [-0.15, -0.1) is 0 Å². The van der Waals surface area contributed by atoms with Crippen LogP contribution in [0.15, 0.2) is 24.3 Å². The van der Waals surface area contributed by atoms with Gasteiger partial charge in [0.1, 0.15) is 5.75 Å². The molecule has 1 aromatic rings. The van der Waals surface area contributed by atoms with Crippen LogP contribution in [0.5, 0.6) is 5.75 Å². The molecule has 0 saturated carbocycles. The second-order valence-electron chi connectivity index (χ2n) is 5.40. The summed E-state index contributed by atoms with van der Waals surface area (Å²) in [6.07, 6.45) is 1.93. The zero-order valence-electron chi connectivity index (χ0n) is 12.7. The van der Waals surface area contributed by atoms with E-state index in [1.165, 1.54) is 0 Å². The minimum Gasteiger partial charge on any atom is -0.493 e. The summed E-state index contributed by atoms with van der Waals surface area (Å²) in [5.41, 5.74) is 0. The van der Waals surface area contributed by atoms with Gasteiger partial charge in [0.2, 0.25) is 11.8 Å². The van der Waals surface area contributed by atoms with E-state index in [0.29, 0.717) is 36.9 Å². The largest absolute Gasteiger partial charge is 0.493 e. The molecule has 5 nitrogen and oxygen atoms in total. The number of nitrogens with zero attached hydrogens (tertiary/aromatic N) is 1. The van der Waals surface area contributed by atoms with Gasteiger partial charge >= 0.3 is 0 Å². The maximum atomic E-state index is 11.9. The van der Waals surface area contributed by atoms with Crippen LogP contribution in [0.4, 0.5) is 0 Å². The van der Waals surface area contributed by atoms with Crippen LogP contribution in [0, 0.1) is 0 Å².